The number of hydrogen-bond donors (Lipinski definition) is 0. The van der Waals surface area contributed by atoms with Crippen LogP contribution in [-0.4, -0.2) is 53.1 Å². The van der Waals surface area contributed by atoms with Crippen molar-refractivity contribution in [2.24, 2.45) is 5.92 Å². The van der Waals surface area contributed by atoms with Crippen LogP contribution in [0.5, 0.6) is 0 Å². The lowest BCUT2D eigenvalue weighted by Gasteiger charge is -2.30. The summed E-state index contributed by atoms with van der Waals surface area (Å²) in [6.07, 6.45) is 0.541. The molecule has 0 aromatic heterocycles. The molecule has 1 fully saturated rings. The van der Waals surface area contributed by atoms with Gasteiger partial charge in [-0.2, -0.15) is 0 Å². The van der Waals surface area contributed by atoms with Gasteiger partial charge in [-0.15, -0.1) is 0 Å². The van der Waals surface area contributed by atoms with E-state index in [2.05, 4.69) is 0 Å². The third-order valence-corrected chi connectivity index (χ3v) is 3.37. The molecule has 5 nitrogen and oxygen atoms in total. The van der Waals surface area contributed by atoms with Crippen LogP contribution < -0.4 is 0 Å². The maximum Gasteiger partial charge on any atom is 0.410 e. The van der Waals surface area contributed by atoms with Gasteiger partial charge in [-0.25, -0.2) is 4.79 Å². The number of amides is 2. The van der Waals surface area contributed by atoms with Gasteiger partial charge in [0.05, 0.1) is 6.04 Å². The summed E-state index contributed by atoms with van der Waals surface area (Å²) in [5.41, 5.74) is -0.479. The predicted octanol–water partition coefficient (Wildman–Crippen LogP) is 2.50. The highest BCUT2D eigenvalue weighted by Crippen LogP contribution is 2.20. The van der Waals surface area contributed by atoms with Gasteiger partial charge in [0.15, 0.2) is 0 Å². The molecule has 0 unspecified atom stereocenters. The average Bonchev–Trinajstić information content (AvgIpc) is 2.77. The second-order valence-electron chi connectivity index (χ2n) is 6.65. The Morgan fingerprint density at radius 1 is 1.35 bits per heavy atom. The molecule has 1 aliphatic rings. The highest BCUT2D eigenvalue weighted by molar-refractivity contribution is 5.78. The number of ether oxygens (including phenoxy) is 1. The zero-order valence-electron chi connectivity index (χ0n) is 13.6. The molecule has 5 heteroatoms. The molecule has 1 aliphatic heterocycles. The van der Waals surface area contributed by atoms with Crippen molar-refractivity contribution < 1.29 is 14.3 Å². The van der Waals surface area contributed by atoms with Gasteiger partial charge in [0.1, 0.15) is 5.60 Å². The number of hydrogen-bond acceptors (Lipinski definition) is 3. The molecule has 0 aromatic carbocycles. The molecule has 1 heterocycles. The van der Waals surface area contributed by atoms with E-state index in [9.17, 15) is 9.59 Å². The SMILES string of the molecule is CCN(C(=O)C(C)C)[C@H]1CCN(C(=O)OC(C)(C)C)C1. The molecule has 116 valence electrons. The Labute approximate surface area is 122 Å². The second-order valence-corrected chi connectivity index (χ2v) is 6.65. The third-order valence-electron chi connectivity index (χ3n) is 3.37. The van der Waals surface area contributed by atoms with Gasteiger partial charge in [0.2, 0.25) is 5.91 Å². The van der Waals surface area contributed by atoms with E-state index in [1.165, 1.54) is 0 Å². The molecule has 0 aliphatic carbocycles. The van der Waals surface area contributed by atoms with Gasteiger partial charge in [-0.3, -0.25) is 4.79 Å². The quantitative estimate of drug-likeness (QED) is 0.800. The van der Waals surface area contributed by atoms with Crippen LogP contribution in [0.15, 0.2) is 0 Å². The van der Waals surface area contributed by atoms with E-state index in [0.29, 0.717) is 19.6 Å². The van der Waals surface area contributed by atoms with Crippen LogP contribution in [0.3, 0.4) is 0 Å². The van der Waals surface area contributed by atoms with Crippen LogP contribution in [0.25, 0.3) is 0 Å². The van der Waals surface area contributed by atoms with Gasteiger partial charge >= 0.3 is 6.09 Å². The van der Waals surface area contributed by atoms with Crippen molar-refractivity contribution in [2.75, 3.05) is 19.6 Å². The molecule has 1 atom stereocenters. The molecular weight excluding hydrogens is 256 g/mol. The Bertz CT molecular complexity index is 361. The molecule has 0 aromatic rings. The average molecular weight is 284 g/mol. The normalized spacial score (nSPS) is 19.4. The van der Waals surface area contributed by atoms with E-state index in [4.69, 9.17) is 4.74 Å². The molecular formula is C15H28N2O3. The molecule has 0 saturated carbocycles. The summed E-state index contributed by atoms with van der Waals surface area (Å²) in [7, 11) is 0. The van der Waals surface area contributed by atoms with Gasteiger partial charge < -0.3 is 14.5 Å². The lowest BCUT2D eigenvalue weighted by molar-refractivity contribution is -0.136. The van der Waals surface area contributed by atoms with Crippen LogP contribution in [0.4, 0.5) is 4.79 Å². The first kappa shape index (κ1) is 16.8. The lowest BCUT2D eigenvalue weighted by Crippen LogP contribution is -2.44. The molecule has 1 saturated heterocycles. The lowest BCUT2D eigenvalue weighted by atomic mass is 10.1. The Balaban J connectivity index is 2.62. The zero-order chi connectivity index (χ0) is 15.5. The molecule has 2 amide bonds. The second kappa shape index (κ2) is 6.46. The molecule has 0 N–H and O–H groups in total. The number of nitrogens with zero attached hydrogens (tertiary/aromatic N) is 2. The Morgan fingerprint density at radius 3 is 2.40 bits per heavy atom. The summed E-state index contributed by atoms with van der Waals surface area (Å²) in [6.45, 7) is 13.3. The molecule has 20 heavy (non-hydrogen) atoms. The Hall–Kier alpha value is -1.26. The summed E-state index contributed by atoms with van der Waals surface area (Å²) < 4.78 is 5.37. The van der Waals surface area contributed by atoms with Gasteiger partial charge in [0, 0.05) is 25.6 Å². The summed E-state index contributed by atoms with van der Waals surface area (Å²) in [4.78, 5) is 27.8. The number of likely N-dealkylation sites (N-methyl/N-ethyl adjacent to an activating group) is 1. The Kier molecular flexibility index (Phi) is 5.42. The number of likely N-dealkylation sites (tertiary alicyclic amines) is 1. The van der Waals surface area contributed by atoms with Gasteiger partial charge in [0.25, 0.3) is 0 Å². The van der Waals surface area contributed by atoms with Crippen LogP contribution in [0, 0.1) is 5.92 Å². The maximum atomic E-state index is 12.2. The van der Waals surface area contributed by atoms with Crippen molar-refractivity contribution in [3.05, 3.63) is 0 Å². The first-order valence-electron chi connectivity index (χ1n) is 7.44. The summed E-state index contributed by atoms with van der Waals surface area (Å²) in [5, 5.41) is 0. The van der Waals surface area contributed by atoms with E-state index in [-0.39, 0.29) is 24.0 Å². The minimum absolute atomic E-state index is 0.00877. The smallest absolute Gasteiger partial charge is 0.410 e. The van der Waals surface area contributed by atoms with E-state index in [0.717, 1.165) is 6.42 Å². The zero-order valence-corrected chi connectivity index (χ0v) is 13.6. The fourth-order valence-electron chi connectivity index (χ4n) is 2.41. The Morgan fingerprint density at radius 2 is 1.95 bits per heavy atom. The molecule has 0 bridgehead atoms. The van der Waals surface area contributed by atoms with Crippen LogP contribution in [0.2, 0.25) is 0 Å². The van der Waals surface area contributed by atoms with Crippen LogP contribution in [0.1, 0.15) is 48.0 Å². The van der Waals surface area contributed by atoms with E-state index >= 15 is 0 Å². The van der Waals surface area contributed by atoms with E-state index < -0.39 is 5.60 Å². The van der Waals surface area contributed by atoms with Crippen molar-refractivity contribution in [1.82, 2.24) is 9.80 Å². The number of carbonyl (C=O) groups is 2. The first-order valence-corrected chi connectivity index (χ1v) is 7.44. The van der Waals surface area contributed by atoms with Crippen molar-refractivity contribution in [3.8, 4) is 0 Å². The number of carbonyl (C=O) groups excluding carboxylic acids is 2. The standard InChI is InChI=1S/C15H28N2O3/c1-7-17(13(18)11(2)3)12-8-9-16(10-12)14(19)20-15(4,5)6/h11-12H,7-10H2,1-6H3/t12-/m0/s1. The molecule has 1 rings (SSSR count). The monoisotopic (exact) mass is 284 g/mol. The van der Waals surface area contributed by atoms with Crippen LogP contribution in [-0.2, 0) is 9.53 Å². The van der Waals surface area contributed by atoms with Crippen molar-refractivity contribution >= 4 is 12.0 Å². The molecule has 0 spiro atoms. The highest BCUT2D eigenvalue weighted by Gasteiger charge is 2.34. The predicted molar refractivity (Wildman–Crippen MR) is 78.4 cm³/mol. The summed E-state index contributed by atoms with van der Waals surface area (Å²) >= 11 is 0. The minimum atomic E-state index is -0.479. The van der Waals surface area contributed by atoms with Crippen molar-refractivity contribution in [2.45, 2.75) is 59.6 Å². The largest absolute Gasteiger partial charge is 0.444 e. The third kappa shape index (κ3) is 4.39. The maximum absolute atomic E-state index is 12.2. The summed E-state index contributed by atoms with van der Waals surface area (Å²) in [6, 6.07) is 0.113. The molecule has 0 radical (unpaired) electrons. The topological polar surface area (TPSA) is 49.9 Å². The highest BCUT2D eigenvalue weighted by atomic mass is 16.6. The van der Waals surface area contributed by atoms with E-state index in [1.54, 1.807) is 4.90 Å². The first-order chi connectivity index (χ1) is 9.15. The van der Waals surface area contributed by atoms with Crippen LogP contribution >= 0.6 is 0 Å². The van der Waals surface area contributed by atoms with E-state index in [1.807, 2.05) is 46.4 Å². The van der Waals surface area contributed by atoms with Crippen molar-refractivity contribution in [3.63, 3.8) is 0 Å². The van der Waals surface area contributed by atoms with Gasteiger partial charge in [-0.1, -0.05) is 13.8 Å². The minimum Gasteiger partial charge on any atom is -0.444 e. The number of rotatable bonds is 3. The van der Waals surface area contributed by atoms with Crippen molar-refractivity contribution in [1.29, 1.82) is 0 Å². The fraction of sp³-hybridized carbons (Fsp3) is 0.867. The fourth-order valence-corrected chi connectivity index (χ4v) is 2.41. The van der Waals surface area contributed by atoms with Gasteiger partial charge in [-0.05, 0) is 34.1 Å². The summed E-state index contributed by atoms with van der Waals surface area (Å²) in [5.74, 6) is 0.147.